The summed E-state index contributed by atoms with van der Waals surface area (Å²) in [4.78, 5) is 4.21. The molecule has 184 valence electrons. The van der Waals surface area contributed by atoms with Gasteiger partial charge in [-0.05, 0) is 44.7 Å². The Hall–Kier alpha value is -1.83. The van der Waals surface area contributed by atoms with E-state index in [0.29, 0.717) is 13.0 Å². The molecule has 1 aromatic carbocycles. The third-order valence-electron chi connectivity index (χ3n) is 7.77. The van der Waals surface area contributed by atoms with Gasteiger partial charge in [-0.15, -0.1) is 0 Å². The summed E-state index contributed by atoms with van der Waals surface area (Å²) in [6.45, 7) is 6.62. The minimum Gasteiger partial charge on any atom is -0.393 e. The van der Waals surface area contributed by atoms with Crippen LogP contribution in [0.2, 0.25) is 0 Å². The Morgan fingerprint density at radius 1 is 1.09 bits per heavy atom. The summed E-state index contributed by atoms with van der Waals surface area (Å²) in [6, 6.07) is 14.2. The van der Waals surface area contributed by atoms with Crippen molar-refractivity contribution in [2.75, 3.05) is 6.61 Å². The van der Waals surface area contributed by atoms with E-state index in [9.17, 15) is 5.11 Å². The Balaban J connectivity index is 1.27. The fourth-order valence-corrected chi connectivity index (χ4v) is 6.00. The number of fused-ring (bicyclic) bond motifs is 1. The van der Waals surface area contributed by atoms with Crippen molar-refractivity contribution >= 4 is 0 Å². The largest absolute Gasteiger partial charge is 0.393 e. The number of pyridine rings is 1. The van der Waals surface area contributed by atoms with Gasteiger partial charge in [-0.2, -0.15) is 0 Å². The van der Waals surface area contributed by atoms with E-state index in [0.717, 1.165) is 37.7 Å². The number of nitrogens with zero attached hydrogens (tertiary/aromatic N) is 1. The van der Waals surface area contributed by atoms with Crippen molar-refractivity contribution in [3.8, 4) is 0 Å². The molecule has 1 aliphatic carbocycles. The van der Waals surface area contributed by atoms with Crippen LogP contribution in [-0.2, 0) is 31.2 Å². The second-order valence-corrected chi connectivity index (χ2v) is 10.4. The molecule has 1 N–H and O–H groups in total. The van der Waals surface area contributed by atoms with Crippen molar-refractivity contribution in [1.29, 1.82) is 0 Å². The number of aromatic nitrogens is 1. The van der Waals surface area contributed by atoms with Crippen molar-refractivity contribution < 1.29 is 24.1 Å². The second-order valence-electron chi connectivity index (χ2n) is 10.4. The predicted octanol–water partition coefficient (Wildman–Crippen LogP) is 4.74. The van der Waals surface area contributed by atoms with Crippen LogP contribution in [0, 0.1) is 5.92 Å². The first-order chi connectivity index (χ1) is 16.4. The molecule has 1 aromatic heterocycles. The molecule has 3 aliphatic rings. The normalized spacial score (nSPS) is 37.8. The summed E-state index contributed by atoms with van der Waals surface area (Å²) in [5.74, 6) is -0.534. The highest BCUT2D eigenvalue weighted by molar-refractivity contribution is 5.25. The molecule has 34 heavy (non-hydrogen) atoms. The second kappa shape index (κ2) is 9.32. The molecule has 2 aliphatic heterocycles. The van der Waals surface area contributed by atoms with Crippen LogP contribution in [0.1, 0.15) is 64.0 Å². The van der Waals surface area contributed by atoms with Crippen molar-refractivity contribution in [2.24, 2.45) is 5.92 Å². The third-order valence-corrected chi connectivity index (χ3v) is 7.77. The smallest absolute Gasteiger partial charge is 0.192 e. The zero-order valence-corrected chi connectivity index (χ0v) is 20.5. The van der Waals surface area contributed by atoms with Gasteiger partial charge in [-0.3, -0.25) is 4.98 Å². The molecule has 1 saturated carbocycles. The standard InChI is InChI=1S/C28H37NO5/c1-4-24-22(18-31-26(3,32-24)23-10-6-5-7-11-23)16-28-19-27(28,15-20(2)30)33-25(34-28)13-12-21-9-8-14-29-17-21/h5-11,14,17,20,22,24-25,30H,4,12-13,15-16,18-19H2,1-3H3. The number of hydrogen-bond donors (Lipinski definition) is 1. The molecule has 0 bridgehead atoms. The van der Waals surface area contributed by atoms with E-state index in [2.05, 4.69) is 30.1 Å². The summed E-state index contributed by atoms with van der Waals surface area (Å²) in [5, 5.41) is 10.2. The Morgan fingerprint density at radius 3 is 2.59 bits per heavy atom. The third kappa shape index (κ3) is 4.54. The van der Waals surface area contributed by atoms with Gasteiger partial charge in [0.1, 0.15) is 11.2 Å². The Morgan fingerprint density at radius 2 is 1.88 bits per heavy atom. The maximum atomic E-state index is 10.2. The quantitative estimate of drug-likeness (QED) is 0.574. The van der Waals surface area contributed by atoms with Gasteiger partial charge in [0, 0.05) is 43.1 Å². The van der Waals surface area contributed by atoms with Gasteiger partial charge in [-0.1, -0.05) is 43.3 Å². The van der Waals surface area contributed by atoms with Crippen molar-refractivity contribution in [1.82, 2.24) is 4.98 Å². The van der Waals surface area contributed by atoms with Gasteiger partial charge < -0.3 is 24.1 Å². The van der Waals surface area contributed by atoms with Crippen LogP contribution in [-0.4, -0.2) is 46.4 Å². The van der Waals surface area contributed by atoms with Gasteiger partial charge in [0.15, 0.2) is 12.1 Å². The lowest BCUT2D eigenvalue weighted by atomic mass is 9.89. The number of ether oxygens (including phenoxy) is 4. The Bertz CT molecular complexity index is 956. The molecule has 3 fully saturated rings. The SMILES string of the molecule is CCC1OC(C)(c2ccccc2)OCC1CC12CC1(CC(C)O)OC(CCc1cccnc1)O2. The lowest BCUT2D eigenvalue weighted by molar-refractivity contribution is -0.315. The molecule has 5 rings (SSSR count). The minimum atomic E-state index is -0.740. The number of rotatable bonds is 9. The molecule has 0 spiro atoms. The van der Waals surface area contributed by atoms with E-state index in [1.165, 1.54) is 5.56 Å². The van der Waals surface area contributed by atoms with Crippen LogP contribution in [0.25, 0.3) is 0 Å². The maximum absolute atomic E-state index is 10.2. The summed E-state index contributed by atoms with van der Waals surface area (Å²) < 4.78 is 26.0. The molecular formula is C28H37NO5. The highest BCUT2D eigenvalue weighted by Crippen LogP contribution is 2.65. The average molecular weight is 468 g/mol. The van der Waals surface area contributed by atoms with Crippen LogP contribution in [0.3, 0.4) is 0 Å². The average Bonchev–Trinajstić information content (AvgIpc) is 3.32. The molecule has 7 unspecified atom stereocenters. The van der Waals surface area contributed by atoms with E-state index in [-0.39, 0.29) is 23.9 Å². The van der Waals surface area contributed by atoms with Gasteiger partial charge in [0.05, 0.1) is 18.8 Å². The topological polar surface area (TPSA) is 70.0 Å². The monoisotopic (exact) mass is 467 g/mol. The molecular weight excluding hydrogens is 430 g/mol. The summed E-state index contributed by atoms with van der Waals surface area (Å²) in [5.41, 5.74) is 1.42. The maximum Gasteiger partial charge on any atom is 0.192 e. The molecule has 0 amide bonds. The van der Waals surface area contributed by atoms with Crippen LogP contribution >= 0.6 is 0 Å². The first-order valence-electron chi connectivity index (χ1n) is 12.7. The zero-order valence-electron chi connectivity index (χ0n) is 20.5. The van der Waals surface area contributed by atoms with Gasteiger partial charge >= 0.3 is 0 Å². The molecule has 6 nitrogen and oxygen atoms in total. The number of benzene rings is 1. The zero-order chi connectivity index (χ0) is 23.8. The van der Waals surface area contributed by atoms with Gasteiger partial charge in [0.25, 0.3) is 0 Å². The number of hydrogen-bond acceptors (Lipinski definition) is 6. The lowest BCUT2D eigenvalue weighted by Crippen LogP contribution is -2.47. The molecule has 3 heterocycles. The van der Waals surface area contributed by atoms with Crippen molar-refractivity contribution in [3.63, 3.8) is 0 Å². The summed E-state index contributed by atoms with van der Waals surface area (Å²) in [7, 11) is 0. The minimum absolute atomic E-state index is 0.0659. The van der Waals surface area contributed by atoms with E-state index in [1.807, 2.05) is 44.3 Å². The predicted molar refractivity (Wildman–Crippen MR) is 128 cm³/mol. The van der Waals surface area contributed by atoms with Crippen molar-refractivity contribution in [2.45, 2.75) is 94.8 Å². The van der Waals surface area contributed by atoms with E-state index < -0.39 is 17.5 Å². The van der Waals surface area contributed by atoms with E-state index in [4.69, 9.17) is 18.9 Å². The Labute approximate surface area is 202 Å². The Kier molecular flexibility index (Phi) is 6.55. The summed E-state index contributed by atoms with van der Waals surface area (Å²) in [6.07, 6.45) is 7.78. The fourth-order valence-electron chi connectivity index (χ4n) is 6.00. The highest BCUT2D eigenvalue weighted by Gasteiger charge is 2.76. The van der Waals surface area contributed by atoms with E-state index >= 15 is 0 Å². The number of aliphatic hydroxyl groups excluding tert-OH is 1. The van der Waals surface area contributed by atoms with Gasteiger partial charge in [-0.25, -0.2) is 0 Å². The van der Waals surface area contributed by atoms with Crippen LogP contribution in [0.4, 0.5) is 0 Å². The molecule has 2 saturated heterocycles. The first kappa shape index (κ1) is 23.9. The molecule has 7 atom stereocenters. The molecule has 0 radical (unpaired) electrons. The van der Waals surface area contributed by atoms with Crippen LogP contribution in [0.15, 0.2) is 54.9 Å². The highest BCUT2D eigenvalue weighted by atomic mass is 16.8. The fraction of sp³-hybridized carbons (Fsp3) is 0.607. The van der Waals surface area contributed by atoms with Crippen LogP contribution in [0.5, 0.6) is 0 Å². The first-order valence-corrected chi connectivity index (χ1v) is 12.7. The van der Waals surface area contributed by atoms with E-state index in [1.54, 1.807) is 6.20 Å². The number of aliphatic hydroxyl groups is 1. The van der Waals surface area contributed by atoms with Crippen molar-refractivity contribution in [3.05, 3.63) is 66.0 Å². The molecule has 6 heteroatoms. The molecule has 2 aromatic rings. The number of aryl methyl sites for hydroxylation is 1. The van der Waals surface area contributed by atoms with Crippen LogP contribution < -0.4 is 0 Å². The lowest BCUT2D eigenvalue weighted by Gasteiger charge is -2.44. The van der Waals surface area contributed by atoms with Gasteiger partial charge in [0.2, 0.25) is 0 Å². The summed E-state index contributed by atoms with van der Waals surface area (Å²) >= 11 is 0.